The Bertz CT molecular complexity index is 617. The van der Waals surface area contributed by atoms with E-state index in [1.54, 1.807) is 0 Å². The van der Waals surface area contributed by atoms with Crippen LogP contribution in [0.15, 0.2) is 27.7 Å². The number of pyridine rings is 1. The minimum Gasteiger partial charge on any atom is -0.309 e. The van der Waals surface area contributed by atoms with Crippen molar-refractivity contribution in [2.45, 2.75) is 18.9 Å². The molecule has 3 rings (SSSR count). The van der Waals surface area contributed by atoms with Crippen molar-refractivity contribution < 1.29 is 0 Å². The first-order chi connectivity index (χ1) is 7.72. The summed E-state index contributed by atoms with van der Waals surface area (Å²) in [6.45, 7) is 0. The molecule has 1 aliphatic carbocycles. The molecule has 84 valence electrons. The molecule has 0 radical (unpaired) electrons. The highest BCUT2D eigenvalue weighted by atomic mass is 127. The van der Waals surface area contributed by atoms with E-state index < -0.39 is 0 Å². The highest BCUT2D eigenvalue weighted by Crippen LogP contribution is 2.36. The van der Waals surface area contributed by atoms with Gasteiger partial charge in [-0.1, -0.05) is 0 Å². The molecule has 6 heteroatoms. The van der Waals surface area contributed by atoms with Crippen molar-refractivity contribution in [2.24, 2.45) is 0 Å². The summed E-state index contributed by atoms with van der Waals surface area (Å²) in [5.74, 6) is 0. The quantitative estimate of drug-likeness (QED) is 0.705. The molecule has 2 heterocycles. The summed E-state index contributed by atoms with van der Waals surface area (Å²) in [7, 11) is 1.52. The summed E-state index contributed by atoms with van der Waals surface area (Å²) in [4.78, 5) is 12.3. The number of nitrogens with zero attached hydrogens (tertiary/aromatic N) is 2. The monoisotopic (exact) mass is 410 g/mol. The lowest BCUT2D eigenvalue weighted by atomic mass is 10.3. The first-order valence-electron chi connectivity index (χ1n) is 4.93. The van der Waals surface area contributed by atoms with E-state index in [-0.39, 0.29) is 5.56 Å². The van der Waals surface area contributed by atoms with Crippen LogP contribution < -0.4 is 5.56 Å². The van der Waals surface area contributed by atoms with Gasteiger partial charge in [-0.2, -0.15) is 0 Å². The van der Waals surface area contributed by atoms with E-state index in [1.165, 1.54) is 9.12 Å². The molecule has 3 nitrogen and oxygen atoms in total. The summed E-state index contributed by atoms with van der Waals surface area (Å²) in [6, 6.07) is 2.39. The zero-order chi connectivity index (χ0) is 11.3. The molecule has 1 fully saturated rings. The second-order valence-electron chi connectivity index (χ2n) is 3.89. The van der Waals surface area contributed by atoms with Gasteiger partial charge in [-0.05, 0) is 34.8 Å². The van der Waals surface area contributed by atoms with Gasteiger partial charge in [0, 0.05) is 58.6 Å². The van der Waals surface area contributed by atoms with Crippen molar-refractivity contribution in [1.29, 1.82) is 0 Å². The fourth-order valence-electron chi connectivity index (χ4n) is 1.87. The highest BCUT2D eigenvalue weighted by Gasteiger charge is 2.26. The van der Waals surface area contributed by atoms with Crippen molar-refractivity contribution in [3.8, 4) is 0 Å². The molecule has 16 heavy (non-hydrogen) atoms. The molecule has 0 unspecified atom stereocenters. The van der Waals surface area contributed by atoms with Crippen molar-refractivity contribution in [3.63, 3.8) is 0 Å². The van der Waals surface area contributed by atoms with E-state index in [9.17, 15) is 4.79 Å². The van der Waals surface area contributed by atoms with Gasteiger partial charge in [0.25, 0.3) is 5.56 Å². The van der Waals surface area contributed by atoms with E-state index in [0.717, 1.165) is 28.2 Å². The summed E-state index contributed by atoms with van der Waals surface area (Å²) >= 11 is 5.72. The van der Waals surface area contributed by atoms with Crippen LogP contribution in [0.2, 0.25) is 0 Å². The van der Waals surface area contributed by atoms with Crippen molar-refractivity contribution in [3.05, 3.63) is 33.3 Å². The van der Waals surface area contributed by atoms with Crippen molar-refractivity contribution >= 4 is 57.2 Å². The molecule has 2 aromatic heterocycles. The van der Waals surface area contributed by atoms with E-state index in [0.29, 0.717) is 6.04 Å². The second-order valence-corrected chi connectivity index (χ2v) is 6.46. The van der Waals surface area contributed by atoms with Gasteiger partial charge in [0.2, 0.25) is 0 Å². The molecule has 0 aromatic carbocycles. The van der Waals surface area contributed by atoms with Crippen LogP contribution in [0, 0.1) is 0 Å². The average Bonchev–Trinajstić information content (AvgIpc) is 3.01. The van der Waals surface area contributed by atoms with Crippen LogP contribution in [-0.2, 0) is 0 Å². The van der Waals surface area contributed by atoms with Gasteiger partial charge in [-0.3, -0.25) is 8.77 Å². The number of hydrogen-bond acceptors (Lipinski definition) is 2. The van der Waals surface area contributed by atoms with Crippen LogP contribution in [0.3, 0.4) is 0 Å². The third-order valence-electron chi connectivity index (χ3n) is 2.81. The summed E-state index contributed by atoms with van der Waals surface area (Å²) in [6.07, 6.45) is 6.10. The molecule has 1 aliphatic rings. The molecular weight excluding hydrogens is 403 g/mol. The Morgan fingerprint density at radius 3 is 2.88 bits per heavy atom. The lowest BCUT2D eigenvalue weighted by molar-refractivity contribution is 0.710. The lowest BCUT2D eigenvalue weighted by Gasteiger charge is -2.06. The van der Waals surface area contributed by atoms with Gasteiger partial charge in [-0.25, -0.2) is 0 Å². The smallest absolute Gasteiger partial charge is 0.276 e. The fourth-order valence-corrected chi connectivity index (χ4v) is 3.75. The average molecular weight is 411 g/mol. The van der Waals surface area contributed by atoms with Gasteiger partial charge in [0.05, 0.1) is 0 Å². The van der Waals surface area contributed by atoms with E-state index >= 15 is 0 Å². The molecule has 0 spiro atoms. The molecular formula is C10H8BrIN2OS. The van der Waals surface area contributed by atoms with Gasteiger partial charge in [0.15, 0.2) is 0 Å². The van der Waals surface area contributed by atoms with Crippen LogP contribution in [0.4, 0.5) is 0 Å². The van der Waals surface area contributed by atoms with Gasteiger partial charge in [-0.15, -0.1) is 0 Å². The normalized spacial score (nSPS) is 15.9. The molecule has 0 aliphatic heterocycles. The molecule has 0 N–H and O–H groups in total. The maximum Gasteiger partial charge on any atom is 0.276 e. The topological polar surface area (TPSA) is 26.9 Å². The van der Waals surface area contributed by atoms with Gasteiger partial charge < -0.3 is 4.57 Å². The number of rotatable bonds is 2. The maximum absolute atomic E-state index is 12.3. The van der Waals surface area contributed by atoms with E-state index in [2.05, 4.69) is 37.1 Å². The van der Waals surface area contributed by atoms with Gasteiger partial charge in [0.1, 0.15) is 5.52 Å². The van der Waals surface area contributed by atoms with Crippen LogP contribution in [0.5, 0.6) is 0 Å². The summed E-state index contributed by atoms with van der Waals surface area (Å²) in [5.41, 5.74) is 0.899. The Balaban J connectivity index is 2.39. The minimum absolute atomic E-state index is 0.120. The molecule has 0 bridgehead atoms. The fraction of sp³-hybridized carbons (Fsp3) is 0.300. The third kappa shape index (κ3) is 1.65. The highest BCUT2D eigenvalue weighted by molar-refractivity contribution is 14.2. The largest absolute Gasteiger partial charge is 0.309 e. The first-order valence-corrected chi connectivity index (χ1v) is 9.04. The standard InChI is InChI=1S/C10H8BrIN2OS/c11-8-5-13(6-1-2-6)10(15)9-7(8)3-4-14(9)16-12/h3-6H,1-2H2. The van der Waals surface area contributed by atoms with Crippen LogP contribution in [0.1, 0.15) is 18.9 Å². The van der Waals surface area contributed by atoms with Crippen LogP contribution in [0.25, 0.3) is 10.9 Å². The van der Waals surface area contributed by atoms with Gasteiger partial charge >= 0.3 is 0 Å². The molecule has 1 saturated carbocycles. The number of hydrogen-bond donors (Lipinski definition) is 0. The predicted octanol–water partition coefficient (Wildman–Crippen LogP) is 3.75. The molecule has 2 aromatic rings. The summed E-state index contributed by atoms with van der Waals surface area (Å²) < 4.78 is 4.77. The van der Waals surface area contributed by atoms with Crippen LogP contribution in [-0.4, -0.2) is 8.54 Å². The number of aromatic nitrogens is 2. The Hall–Kier alpha value is 0.0500. The molecule has 0 atom stereocenters. The first kappa shape index (κ1) is 11.2. The number of halogens is 2. The van der Waals surface area contributed by atoms with Crippen LogP contribution >= 0.6 is 46.3 Å². The molecule has 0 amide bonds. The Morgan fingerprint density at radius 1 is 1.50 bits per heavy atom. The third-order valence-corrected chi connectivity index (χ3v) is 5.17. The Morgan fingerprint density at radius 2 is 2.25 bits per heavy atom. The summed E-state index contributed by atoms with van der Waals surface area (Å²) in [5, 5.41) is 0.992. The minimum atomic E-state index is 0.120. The Kier molecular flexibility index (Phi) is 2.83. The Labute approximate surface area is 117 Å². The second kappa shape index (κ2) is 4.06. The zero-order valence-corrected chi connectivity index (χ0v) is 12.8. The molecule has 0 saturated heterocycles. The van der Waals surface area contributed by atoms with E-state index in [1.807, 2.05) is 27.0 Å². The maximum atomic E-state index is 12.3. The van der Waals surface area contributed by atoms with Crippen molar-refractivity contribution in [1.82, 2.24) is 8.54 Å². The van der Waals surface area contributed by atoms with Crippen molar-refractivity contribution in [2.75, 3.05) is 0 Å². The number of fused-ring (bicyclic) bond motifs is 1. The lowest BCUT2D eigenvalue weighted by Crippen LogP contribution is -2.19. The van der Waals surface area contributed by atoms with E-state index in [4.69, 9.17) is 0 Å². The zero-order valence-electron chi connectivity index (χ0n) is 8.19. The SMILES string of the molecule is O=c1c2c(ccn2SI)c(Br)cn1C1CC1. The predicted molar refractivity (Wildman–Crippen MR) is 79.2 cm³/mol.